The fourth-order valence-corrected chi connectivity index (χ4v) is 1.70. The molecule has 5 nitrogen and oxygen atoms in total. The molecule has 1 atom stereocenters. The number of nitrogens with two attached hydrogens (primary N) is 1. The quantitative estimate of drug-likeness (QED) is 0.714. The Hall–Kier alpha value is -1.62. The van der Waals surface area contributed by atoms with Crippen LogP contribution in [0, 0.1) is 0 Å². The molecule has 0 saturated carbocycles. The Morgan fingerprint density at radius 1 is 1.67 bits per heavy atom. The molecule has 0 aromatic carbocycles. The Balaban J connectivity index is 1.97. The number of nitrogens with zero attached hydrogens (tertiary/aromatic N) is 1. The van der Waals surface area contributed by atoms with Crippen molar-refractivity contribution in [2.75, 3.05) is 6.54 Å². The van der Waals surface area contributed by atoms with Gasteiger partial charge in [0, 0.05) is 6.54 Å². The molecular formula is C10H12N2O3. The van der Waals surface area contributed by atoms with Gasteiger partial charge in [-0.3, -0.25) is 14.5 Å². The highest BCUT2D eigenvalue weighted by Gasteiger charge is 2.32. The lowest BCUT2D eigenvalue weighted by Gasteiger charge is -2.37. The van der Waals surface area contributed by atoms with Crippen molar-refractivity contribution >= 4 is 12.2 Å². The zero-order chi connectivity index (χ0) is 10.8. The van der Waals surface area contributed by atoms with Gasteiger partial charge in [0.2, 0.25) is 5.91 Å². The number of hydrogen-bond donors (Lipinski definition) is 1. The predicted molar refractivity (Wildman–Crippen MR) is 52.1 cm³/mol. The number of carbonyl (C=O) groups is 2. The van der Waals surface area contributed by atoms with E-state index in [4.69, 9.17) is 10.2 Å². The first-order valence-corrected chi connectivity index (χ1v) is 4.78. The van der Waals surface area contributed by atoms with Crippen molar-refractivity contribution in [3.05, 3.63) is 23.7 Å². The molecule has 1 aromatic rings. The maximum Gasteiger partial charge on any atom is 0.234 e. The van der Waals surface area contributed by atoms with Crippen molar-refractivity contribution in [2.45, 2.75) is 19.0 Å². The molecule has 1 aromatic heterocycles. The van der Waals surface area contributed by atoms with E-state index in [2.05, 4.69) is 0 Å². The first-order valence-electron chi connectivity index (χ1n) is 4.78. The zero-order valence-electron chi connectivity index (χ0n) is 8.18. The van der Waals surface area contributed by atoms with Gasteiger partial charge in [0.25, 0.3) is 0 Å². The van der Waals surface area contributed by atoms with E-state index < -0.39 is 0 Å². The SMILES string of the molecule is NC(=O)C1CCN1Cc1ccc(C=O)o1. The Labute approximate surface area is 86.8 Å². The van der Waals surface area contributed by atoms with Gasteiger partial charge in [-0.1, -0.05) is 0 Å². The van der Waals surface area contributed by atoms with Gasteiger partial charge in [-0.05, 0) is 18.6 Å². The largest absolute Gasteiger partial charge is 0.457 e. The van der Waals surface area contributed by atoms with Crippen LogP contribution in [0.5, 0.6) is 0 Å². The Kier molecular flexibility index (Phi) is 2.55. The van der Waals surface area contributed by atoms with Gasteiger partial charge in [-0.2, -0.15) is 0 Å². The lowest BCUT2D eigenvalue weighted by Crippen LogP contribution is -2.54. The van der Waals surface area contributed by atoms with Gasteiger partial charge < -0.3 is 10.2 Å². The van der Waals surface area contributed by atoms with E-state index >= 15 is 0 Å². The molecule has 1 aliphatic rings. The fourth-order valence-electron chi connectivity index (χ4n) is 1.70. The van der Waals surface area contributed by atoms with E-state index in [1.54, 1.807) is 12.1 Å². The molecule has 1 saturated heterocycles. The summed E-state index contributed by atoms with van der Waals surface area (Å²) in [5, 5.41) is 0. The number of hydrogen-bond acceptors (Lipinski definition) is 4. The molecule has 2 heterocycles. The second kappa shape index (κ2) is 3.86. The van der Waals surface area contributed by atoms with E-state index in [0.29, 0.717) is 24.4 Å². The minimum absolute atomic E-state index is 0.185. The number of likely N-dealkylation sites (tertiary alicyclic amines) is 1. The van der Waals surface area contributed by atoms with E-state index in [1.807, 2.05) is 4.90 Å². The average Bonchev–Trinajstić information content (AvgIpc) is 2.59. The molecule has 2 N–H and O–H groups in total. The minimum atomic E-state index is -0.302. The van der Waals surface area contributed by atoms with Crippen molar-refractivity contribution in [2.24, 2.45) is 5.73 Å². The maximum atomic E-state index is 10.9. The van der Waals surface area contributed by atoms with Crippen LogP contribution in [0.2, 0.25) is 0 Å². The topological polar surface area (TPSA) is 76.5 Å². The van der Waals surface area contributed by atoms with Crippen molar-refractivity contribution in [3.63, 3.8) is 0 Å². The van der Waals surface area contributed by atoms with Crippen LogP contribution >= 0.6 is 0 Å². The lowest BCUT2D eigenvalue weighted by atomic mass is 10.0. The summed E-state index contributed by atoms with van der Waals surface area (Å²) in [6.45, 7) is 1.37. The molecule has 1 unspecified atom stereocenters. The Morgan fingerprint density at radius 2 is 2.47 bits per heavy atom. The third-order valence-corrected chi connectivity index (χ3v) is 2.62. The van der Waals surface area contributed by atoms with Crippen LogP contribution in [-0.2, 0) is 11.3 Å². The third-order valence-electron chi connectivity index (χ3n) is 2.62. The predicted octanol–water partition coefficient (Wildman–Crippen LogP) is 0.152. The van der Waals surface area contributed by atoms with Gasteiger partial charge in [0.05, 0.1) is 12.6 Å². The highest BCUT2D eigenvalue weighted by atomic mass is 16.3. The molecule has 2 rings (SSSR count). The molecule has 1 fully saturated rings. The summed E-state index contributed by atoms with van der Waals surface area (Å²) in [6.07, 6.45) is 1.46. The summed E-state index contributed by atoms with van der Waals surface area (Å²) in [7, 11) is 0. The van der Waals surface area contributed by atoms with Crippen molar-refractivity contribution in [1.82, 2.24) is 4.90 Å². The van der Waals surface area contributed by atoms with Crippen LogP contribution in [0.3, 0.4) is 0 Å². The molecule has 80 valence electrons. The summed E-state index contributed by atoms with van der Waals surface area (Å²) in [4.78, 5) is 23.2. The summed E-state index contributed by atoms with van der Waals surface area (Å²) in [5.41, 5.74) is 5.21. The van der Waals surface area contributed by atoms with Gasteiger partial charge >= 0.3 is 0 Å². The van der Waals surface area contributed by atoms with E-state index in [1.165, 1.54) is 0 Å². The van der Waals surface area contributed by atoms with E-state index in [9.17, 15) is 9.59 Å². The number of primary amides is 1. The second-order valence-corrected chi connectivity index (χ2v) is 3.60. The molecule has 0 spiro atoms. The maximum absolute atomic E-state index is 10.9. The van der Waals surface area contributed by atoms with Crippen LogP contribution in [0.25, 0.3) is 0 Å². The molecule has 1 amide bonds. The van der Waals surface area contributed by atoms with Gasteiger partial charge in [0.1, 0.15) is 5.76 Å². The van der Waals surface area contributed by atoms with E-state index in [-0.39, 0.29) is 11.9 Å². The molecule has 5 heteroatoms. The smallest absolute Gasteiger partial charge is 0.234 e. The van der Waals surface area contributed by atoms with Crippen LogP contribution < -0.4 is 5.73 Å². The Bertz CT molecular complexity index is 386. The normalized spacial score (nSPS) is 20.9. The van der Waals surface area contributed by atoms with E-state index in [0.717, 1.165) is 13.0 Å². The van der Waals surface area contributed by atoms with Crippen LogP contribution in [-0.4, -0.2) is 29.7 Å². The molecule has 15 heavy (non-hydrogen) atoms. The summed E-state index contributed by atoms with van der Waals surface area (Å²) >= 11 is 0. The number of aldehydes is 1. The molecular weight excluding hydrogens is 196 g/mol. The standard InChI is InChI=1S/C10H12N2O3/c11-10(14)9-3-4-12(9)5-7-1-2-8(6-13)15-7/h1-2,6,9H,3-5H2,(H2,11,14). The number of amides is 1. The van der Waals surface area contributed by atoms with Gasteiger partial charge in [-0.15, -0.1) is 0 Å². The average molecular weight is 208 g/mol. The lowest BCUT2D eigenvalue weighted by molar-refractivity contribution is -0.128. The first kappa shape index (κ1) is 9.92. The third kappa shape index (κ3) is 1.92. The molecule has 0 radical (unpaired) electrons. The molecule has 1 aliphatic heterocycles. The Morgan fingerprint density at radius 3 is 2.93 bits per heavy atom. The van der Waals surface area contributed by atoms with Crippen LogP contribution in [0.15, 0.2) is 16.5 Å². The van der Waals surface area contributed by atoms with Crippen molar-refractivity contribution in [3.8, 4) is 0 Å². The highest BCUT2D eigenvalue weighted by molar-refractivity contribution is 5.80. The summed E-state index contributed by atoms with van der Waals surface area (Å²) < 4.78 is 5.21. The minimum Gasteiger partial charge on any atom is -0.457 e. The summed E-state index contributed by atoms with van der Waals surface area (Å²) in [6, 6.07) is 3.16. The molecule has 0 bridgehead atoms. The van der Waals surface area contributed by atoms with Crippen LogP contribution in [0.4, 0.5) is 0 Å². The number of furan rings is 1. The second-order valence-electron chi connectivity index (χ2n) is 3.60. The summed E-state index contributed by atoms with van der Waals surface area (Å²) in [5.74, 6) is 0.688. The van der Waals surface area contributed by atoms with Crippen molar-refractivity contribution < 1.29 is 14.0 Å². The monoisotopic (exact) mass is 208 g/mol. The van der Waals surface area contributed by atoms with Crippen molar-refractivity contribution in [1.29, 1.82) is 0 Å². The molecule has 0 aliphatic carbocycles. The zero-order valence-corrected chi connectivity index (χ0v) is 8.18. The highest BCUT2D eigenvalue weighted by Crippen LogP contribution is 2.20. The number of carbonyl (C=O) groups excluding carboxylic acids is 2. The first-order chi connectivity index (χ1) is 7.20. The number of rotatable bonds is 4. The van der Waals surface area contributed by atoms with Gasteiger partial charge in [0.15, 0.2) is 12.0 Å². The fraction of sp³-hybridized carbons (Fsp3) is 0.400. The van der Waals surface area contributed by atoms with Gasteiger partial charge in [-0.25, -0.2) is 0 Å². The van der Waals surface area contributed by atoms with Crippen LogP contribution in [0.1, 0.15) is 22.7 Å².